The third-order valence-corrected chi connectivity index (χ3v) is 3.53. The monoisotopic (exact) mass is 335 g/mol. The van der Waals surface area contributed by atoms with Crippen LogP contribution in [0.4, 0.5) is 5.69 Å². The van der Waals surface area contributed by atoms with Crippen molar-refractivity contribution in [3.05, 3.63) is 29.8 Å². The van der Waals surface area contributed by atoms with Crippen molar-refractivity contribution < 1.29 is 9.59 Å². The first-order valence-electron chi connectivity index (χ1n) is 7.82. The van der Waals surface area contributed by atoms with Gasteiger partial charge in [0.15, 0.2) is 5.11 Å². The fourth-order valence-corrected chi connectivity index (χ4v) is 2.16. The molecule has 0 saturated carbocycles. The smallest absolute Gasteiger partial charge is 0.226 e. The topological polar surface area (TPSA) is 61.4 Å². The van der Waals surface area contributed by atoms with Gasteiger partial charge in [0.25, 0.3) is 0 Å². The van der Waals surface area contributed by atoms with E-state index in [1.807, 2.05) is 24.3 Å². The number of hydrogen-bond donors (Lipinski definition) is 2. The van der Waals surface area contributed by atoms with E-state index in [2.05, 4.69) is 17.6 Å². The summed E-state index contributed by atoms with van der Waals surface area (Å²) in [7, 11) is 3.47. The van der Waals surface area contributed by atoms with Crippen molar-refractivity contribution in [1.82, 2.24) is 10.2 Å². The summed E-state index contributed by atoms with van der Waals surface area (Å²) < 4.78 is 0. The number of amides is 2. The third kappa shape index (κ3) is 7.74. The minimum Gasteiger partial charge on any atom is -0.349 e. The Morgan fingerprint density at radius 2 is 1.78 bits per heavy atom. The Bertz CT molecular complexity index is 541. The van der Waals surface area contributed by atoms with Crippen LogP contribution in [0.1, 0.15) is 38.2 Å². The zero-order valence-corrected chi connectivity index (χ0v) is 14.8. The van der Waals surface area contributed by atoms with Crippen LogP contribution in [-0.2, 0) is 16.0 Å². The summed E-state index contributed by atoms with van der Waals surface area (Å²) in [5.74, 6) is -0.00952. The highest BCUT2D eigenvalue weighted by molar-refractivity contribution is 7.80. The molecule has 2 N–H and O–H groups in total. The average Bonchev–Trinajstić information content (AvgIpc) is 2.49. The van der Waals surface area contributed by atoms with Crippen molar-refractivity contribution in [3.63, 3.8) is 0 Å². The highest BCUT2D eigenvalue weighted by atomic mass is 32.1. The molecule has 0 aliphatic carbocycles. The first-order valence-corrected chi connectivity index (χ1v) is 8.23. The number of nitrogens with zero attached hydrogens (tertiary/aromatic N) is 1. The maximum absolute atomic E-state index is 11.7. The number of thiocarbonyl (C=S) groups is 1. The summed E-state index contributed by atoms with van der Waals surface area (Å²) in [6.45, 7) is 2.10. The maximum atomic E-state index is 11.7. The summed E-state index contributed by atoms with van der Waals surface area (Å²) in [5, 5.41) is 5.94. The Kier molecular flexibility index (Phi) is 8.26. The van der Waals surface area contributed by atoms with Gasteiger partial charge in [-0.3, -0.25) is 9.59 Å². The largest absolute Gasteiger partial charge is 0.349 e. The number of carbonyl (C=O) groups excluding carboxylic acids is 2. The Hall–Kier alpha value is -1.95. The summed E-state index contributed by atoms with van der Waals surface area (Å²) in [4.78, 5) is 24.9. The molecule has 1 aromatic carbocycles. The normalized spacial score (nSPS) is 10.0. The van der Waals surface area contributed by atoms with Gasteiger partial charge >= 0.3 is 0 Å². The number of hydrogen-bond acceptors (Lipinski definition) is 3. The number of unbranched alkanes of at least 4 members (excludes halogenated alkanes) is 2. The SMILES string of the molecule is CCCCCC(=O)NC(=S)Nc1ccc(CC(=O)N(C)C)cc1. The van der Waals surface area contributed by atoms with Crippen molar-refractivity contribution in [2.45, 2.75) is 39.0 Å². The Labute approximate surface area is 143 Å². The minimum absolute atomic E-state index is 0.0561. The predicted molar refractivity (Wildman–Crippen MR) is 97.3 cm³/mol. The van der Waals surface area contributed by atoms with Crippen LogP contribution >= 0.6 is 12.2 Å². The van der Waals surface area contributed by atoms with Crippen molar-refractivity contribution in [2.24, 2.45) is 0 Å². The van der Waals surface area contributed by atoms with Crippen LogP contribution in [0.2, 0.25) is 0 Å². The van der Waals surface area contributed by atoms with Gasteiger partial charge < -0.3 is 15.5 Å². The quantitative estimate of drug-likeness (QED) is 0.594. The van der Waals surface area contributed by atoms with E-state index in [9.17, 15) is 9.59 Å². The van der Waals surface area contributed by atoms with E-state index in [0.717, 1.165) is 30.5 Å². The lowest BCUT2D eigenvalue weighted by Gasteiger charge is -2.12. The van der Waals surface area contributed by atoms with Crippen molar-refractivity contribution in [2.75, 3.05) is 19.4 Å². The minimum atomic E-state index is -0.0656. The molecule has 126 valence electrons. The first kappa shape index (κ1) is 19.1. The molecule has 0 aliphatic heterocycles. The van der Waals surface area contributed by atoms with E-state index in [1.54, 1.807) is 19.0 Å². The van der Waals surface area contributed by atoms with Gasteiger partial charge in [-0.1, -0.05) is 31.9 Å². The second-order valence-corrected chi connectivity index (χ2v) is 6.03. The highest BCUT2D eigenvalue weighted by Gasteiger charge is 2.07. The lowest BCUT2D eigenvalue weighted by Crippen LogP contribution is -2.33. The summed E-state index contributed by atoms with van der Waals surface area (Å²) in [6.07, 6.45) is 3.85. The molecule has 5 nitrogen and oxygen atoms in total. The molecule has 2 amide bonds. The Morgan fingerprint density at radius 1 is 1.13 bits per heavy atom. The van der Waals surface area contributed by atoms with Crippen LogP contribution in [0, 0.1) is 0 Å². The van der Waals surface area contributed by atoms with Crippen LogP contribution in [0.15, 0.2) is 24.3 Å². The molecule has 0 heterocycles. The lowest BCUT2D eigenvalue weighted by molar-refractivity contribution is -0.128. The highest BCUT2D eigenvalue weighted by Crippen LogP contribution is 2.10. The predicted octanol–water partition coefficient (Wildman–Crippen LogP) is 2.71. The summed E-state index contributed by atoms with van der Waals surface area (Å²) in [6, 6.07) is 7.42. The number of benzene rings is 1. The van der Waals surface area contributed by atoms with Gasteiger partial charge in [0.1, 0.15) is 0 Å². The number of likely N-dealkylation sites (N-methyl/N-ethyl adjacent to an activating group) is 1. The fraction of sp³-hybridized carbons (Fsp3) is 0.471. The molecule has 0 bridgehead atoms. The van der Waals surface area contributed by atoms with E-state index in [-0.39, 0.29) is 11.8 Å². The first-order chi connectivity index (χ1) is 10.9. The maximum Gasteiger partial charge on any atom is 0.226 e. The molecule has 0 aromatic heterocycles. The van der Waals surface area contributed by atoms with E-state index >= 15 is 0 Å². The Balaban J connectivity index is 2.43. The van der Waals surface area contributed by atoms with Crippen LogP contribution in [0.3, 0.4) is 0 Å². The number of carbonyl (C=O) groups is 2. The van der Waals surface area contributed by atoms with E-state index in [0.29, 0.717) is 18.0 Å². The summed E-state index contributed by atoms with van der Waals surface area (Å²) >= 11 is 5.12. The number of rotatable bonds is 7. The fourth-order valence-electron chi connectivity index (χ4n) is 1.93. The Morgan fingerprint density at radius 3 is 2.35 bits per heavy atom. The second kappa shape index (κ2) is 9.94. The van der Waals surface area contributed by atoms with Gasteiger partial charge in [-0.15, -0.1) is 0 Å². The summed E-state index contributed by atoms with van der Waals surface area (Å²) in [5.41, 5.74) is 1.72. The molecule has 0 radical (unpaired) electrons. The van der Waals surface area contributed by atoms with Crippen LogP contribution in [0.5, 0.6) is 0 Å². The van der Waals surface area contributed by atoms with Gasteiger partial charge in [0.2, 0.25) is 11.8 Å². The van der Waals surface area contributed by atoms with Crippen LogP contribution < -0.4 is 10.6 Å². The average molecular weight is 335 g/mol. The van der Waals surface area contributed by atoms with Crippen molar-refractivity contribution in [1.29, 1.82) is 0 Å². The standard InChI is InChI=1S/C17H25N3O2S/c1-4-5-6-7-15(21)19-17(23)18-14-10-8-13(9-11-14)12-16(22)20(2)3/h8-11H,4-7,12H2,1-3H3,(H2,18,19,21,23). The molecular formula is C17H25N3O2S. The van der Waals surface area contributed by atoms with Gasteiger partial charge in [-0.2, -0.15) is 0 Å². The molecular weight excluding hydrogens is 310 g/mol. The zero-order chi connectivity index (χ0) is 17.2. The molecule has 23 heavy (non-hydrogen) atoms. The van der Waals surface area contributed by atoms with E-state index in [4.69, 9.17) is 12.2 Å². The van der Waals surface area contributed by atoms with Crippen molar-refractivity contribution >= 4 is 34.8 Å². The number of nitrogens with one attached hydrogen (secondary N) is 2. The van der Waals surface area contributed by atoms with E-state index < -0.39 is 0 Å². The molecule has 0 aliphatic rings. The molecule has 1 rings (SSSR count). The van der Waals surface area contributed by atoms with Crippen LogP contribution in [0.25, 0.3) is 0 Å². The van der Waals surface area contributed by atoms with Gasteiger partial charge in [0, 0.05) is 26.2 Å². The lowest BCUT2D eigenvalue weighted by atomic mass is 10.1. The molecule has 0 unspecified atom stereocenters. The van der Waals surface area contributed by atoms with Crippen LogP contribution in [-0.4, -0.2) is 35.9 Å². The molecule has 0 fully saturated rings. The van der Waals surface area contributed by atoms with E-state index in [1.165, 1.54) is 0 Å². The van der Waals surface area contributed by atoms with Gasteiger partial charge in [0.05, 0.1) is 6.42 Å². The molecule has 0 atom stereocenters. The second-order valence-electron chi connectivity index (χ2n) is 5.62. The zero-order valence-electron chi connectivity index (χ0n) is 14.0. The molecule has 0 saturated heterocycles. The molecule has 0 spiro atoms. The number of anilines is 1. The third-order valence-electron chi connectivity index (χ3n) is 3.33. The van der Waals surface area contributed by atoms with Gasteiger partial charge in [-0.25, -0.2) is 0 Å². The molecule has 6 heteroatoms. The van der Waals surface area contributed by atoms with Gasteiger partial charge in [-0.05, 0) is 36.3 Å². The molecule has 1 aromatic rings. The van der Waals surface area contributed by atoms with Crippen molar-refractivity contribution in [3.8, 4) is 0 Å².